The van der Waals surface area contributed by atoms with Crippen LogP contribution in [0.2, 0.25) is 0 Å². The number of fused-ring (bicyclic) bond motifs is 1. The van der Waals surface area contributed by atoms with E-state index >= 15 is 0 Å². The Morgan fingerprint density at radius 3 is 2.84 bits per heavy atom. The number of ether oxygens (including phenoxy) is 1. The largest absolute Gasteiger partial charge is 0.508 e. The molecule has 3 heterocycles. The molecule has 3 aliphatic rings. The molecule has 4 rings (SSSR count). The highest BCUT2D eigenvalue weighted by Gasteiger charge is 2.28. The lowest BCUT2D eigenvalue weighted by molar-refractivity contribution is 0.0677. The summed E-state index contributed by atoms with van der Waals surface area (Å²) in [5.41, 5.74) is 3.21. The summed E-state index contributed by atoms with van der Waals surface area (Å²) in [6, 6.07) is 7.44. The molecule has 25 heavy (non-hydrogen) atoms. The summed E-state index contributed by atoms with van der Waals surface area (Å²) in [4.78, 5) is 9.15. The van der Waals surface area contributed by atoms with Crippen LogP contribution in [-0.2, 0) is 4.74 Å². The van der Waals surface area contributed by atoms with Gasteiger partial charge in [0.2, 0.25) is 0 Å². The van der Waals surface area contributed by atoms with Crippen molar-refractivity contribution in [3.8, 4) is 5.75 Å². The van der Waals surface area contributed by atoms with Crippen LogP contribution in [0.1, 0.15) is 18.9 Å². The van der Waals surface area contributed by atoms with E-state index in [2.05, 4.69) is 33.9 Å². The summed E-state index contributed by atoms with van der Waals surface area (Å²) in [7, 11) is 0. The Labute approximate surface area is 148 Å². The molecule has 1 unspecified atom stereocenters. The van der Waals surface area contributed by atoms with Gasteiger partial charge < -0.3 is 19.6 Å². The van der Waals surface area contributed by atoms with Crippen molar-refractivity contribution in [3.05, 3.63) is 60.1 Å². The second kappa shape index (κ2) is 6.76. The van der Waals surface area contributed by atoms with Crippen LogP contribution >= 0.6 is 0 Å². The molecule has 1 saturated heterocycles. The number of rotatable bonds is 1. The number of phenols is 1. The third kappa shape index (κ3) is 3.20. The zero-order chi connectivity index (χ0) is 17.2. The Morgan fingerprint density at radius 2 is 2.04 bits per heavy atom. The number of morpholine rings is 1. The minimum atomic E-state index is 0.281. The molecule has 5 nitrogen and oxygen atoms in total. The van der Waals surface area contributed by atoms with Gasteiger partial charge in [-0.15, -0.1) is 0 Å². The van der Waals surface area contributed by atoms with Gasteiger partial charge in [-0.2, -0.15) is 0 Å². The molecule has 0 saturated carbocycles. The van der Waals surface area contributed by atoms with Gasteiger partial charge in [0.15, 0.2) is 5.84 Å². The first-order chi connectivity index (χ1) is 12.2. The van der Waals surface area contributed by atoms with E-state index in [0.29, 0.717) is 5.92 Å². The zero-order valence-electron chi connectivity index (χ0n) is 14.4. The molecule has 0 radical (unpaired) electrons. The van der Waals surface area contributed by atoms with E-state index in [9.17, 15) is 5.11 Å². The van der Waals surface area contributed by atoms with Crippen LogP contribution in [0.3, 0.4) is 0 Å². The zero-order valence-corrected chi connectivity index (χ0v) is 14.4. The molecule has 1 fully saturated rings. The molecule has 1 atom stereocenters. The van der Waals surface area contributed by atoms with Crippen molar-refractivity contribution in [2.45, 2.75) is 13.3 Å². The minimum Gasteiger partial charge on any atom is -0.508 e. The fourth-order valence-electron chi connectivity index (χ4n) is 3.46. The van der Waals surface area contributed by atoms with Crippen LogP contribution in [-0.4, -0.2) is 47.0 Å². The van der Waals surface area contributed by atoms with E-state index in [1.165, 1.54) is 0 Å². The summed E-state index contributed by atoms with van der Waals surface area (Å²) < 4.78 is 5.49. The van der Waals surface area contributed by atoms with Crippen LogP contribution < -0.4 is 0 Å². The number of nitrogens with zero attached hydrogens (tertiary/aromatic N) is 3. The highest BCUT2D eigenvalue weighted by atomic mass is 16.5. The SMILES string of the molecule is CC1C=C(c2cccc(O)c2)N2C=CN=C(N3CCOCC3)C2=CC1. The van der Waals surface area contributed by atoms with Gasteiger partial charge in [0, 0.05) is 36.7 Å². The van der Waals surface area contributed by atoms with Crippen LogP contribution in [0.5, 0.6) is 5.75 Å². The van der Waals surface area contributed by atoms with Crippen molar-refractivity contribution in [2.24, 2.45) is 10.9 Å². The van der Waals surface area contributed by atoms with E-state index in [-0.39, 0.29) is 5.75 Å². The van der Waals surface area contributed by atoms with Crippen molar-refractivity contribution in [1.82, 2.24) is 9.80 Å². The highest BCUT2D eigenvalue weighted by Crippen LogP contribution is 2.34. The average molecular weight is 337 g/mol. The number of phenolic OH excluding ortho intramolecular Hbond substituents is 1. The second-order valence-electron chi connectivity index (χ2n) is 6.62. The standard InChI is InChI=1S/C20H23N3O2/c1-15-5-6-18-20(22-9-11-25-12-10-22)21-7-8-23(18)19(13-15)16-3-2-4-17(24)14-16/h2-4,6-8,13-15,24H,5,9-12H2,1H3. The number of benzene rings is 1. The second-order valence-corrected chi connectivity index (χ2v) is 6.62. The van der Waals surface area contributed by atoms with E-state index in [0.717, 1.165) is 55.5 Å². The Balaban J connectivity index is 1.73. The molecular weight excluding hydrogens is 314 g/mol. The third-order valence-corrected chi connectivity index (χ3v) is 4.74. The van der Waals surface area contributed by atoms with Gasteiger partial charge in [0.1, 0.15) is 5.75 Å². The summed E-state index contributed by atoms with van der Waals surface area (Å²) in [5.74, 6) is 1.70. The molecule has 0 aromatic heterocycles. The first-order valence-corrected chi connectivity index (χ1v) is 8.80. The molecule has 1 N–H and O–H groups in total. The molecular formula is C20H23N3O2. The lowest BCUT2D eigenvalue weighted by Gasteiger charge is -2.36. The first-order valence-electron chi connectivity index (χ1n) is 8.80. The number of amidine groups is 1. The van der Waals surface area contributed by atoms with Gasteiger partial charge in [-0.25, -0.2) is 4.99 Å². The summed E-state index contributed by atoms with van der Waals surface area (Å²) in [6.07, 6.45) is 9.36. The summed E-state index contributed by atoms with van der Waals surface area (Å²) >= 11 is 0. The fraction of sp³-hybridized carbons (Fsp3) is 0.350. The maximum atomic E-state index is 9.91. The third-order valence-electron chi connectivity index (χ3n) is 4.74. The van der Waals surface area contributed by atoms with Crippen LogP contribution in [0.4, 0.5) is 0 Å². The number of hydrogen-bond donors (Lipinski definition) is 1. The van der Waals surface area contributed by atoms with Crippen molar-refractivity contribution < 1.29 is 9.84 Å². The van der Waals surface area contributed by atoms with E-state index in [4.69, 9.17) is 4.74 Å². The van der Waals surface area contributed by atoms with E-state index in [1.807, 2.05) is 30.6 Å². The van der Waals surface area contributed by atoms with Gasteiger partial charge in [-0.3, -0.25) is 0 Å². The van der Waals surface area contributed by atoms with Crippen molar-refractivity contribution >= 4 is 11.5 Å². The van der Waals surface area contributed by atoms with Crippen LogP contribution in [0.15, 0.2) is 59.5 Å². The van der Waals surface area contributed by atoms with Gasteiger partial charge in [-0.05, 0) is 24.5 Å². The molecule has 0 aliphatic carbocycles. The average Bonchev–Trinajstić information content (AvgIpc) is 2.81. The van der Waals surface area contributed by atoms with Crippen molar-refractivity contribution in [2.75, 3.05) is 26.3 Å². The van der Waals surface area contributed by atoms with Gasteiger partial charge in [0.25, 0.3) is 0 Å². The molecule has 130 valence electrons. The highest BCUT2D eigenvalue weighted by molar-refractivity contribution is 6.01. The van der Waals surface area contributed by atoms with Gasteiger partial charge >= 0.3 is 0 Å². The predicted octanol–water partition coefficient (Wildman–Crippen LogP) is 3.17. The molecule has 5 heteroatoms. The Bertz CT molecular complexity index is 773. The molecule has 1 aromatic rings. The van der Waals surface area contributed by atoms with Crippen LogP contribution in [0, 0.1) is 5.92 Å². The smallest absolute Gasteiger partial charge is 0.152 e. The van der Waals surface area contributed by atoms with E-state index < -0.39 is 0 Å². The Morgan fingerprint density at radius 1 is 1.20 bits per heavy atom. The molecule has 3 aliphatic heterocycles. The van der Waals surface area contributed by atoms with E-state index in [1.54, 1.807) is 6.07 Å². The topological polar surface area (TPSA) is 48.3 Å². The van der Waals surface area contributed by atoms with Crippen molar-refractivity contribution in [1.29, 1.82) is 0 Å². The minimum absolute atomic E-state index is 0.281. The quantitative estimate of drug-likeness (QED) is 0.855. The fourth-order valence-corrected chi connectivity index (χ4v) is 3.46. The number of aromatic hydroxyl groups is 1. The molecule has 0 amide bonds. The maximum absolute atomic E-state index is 9.91. The Kier molecular flexibility index (Phi) is 4.32. The van der Waals surface area contributed by atoms with Crippen LogP contribution in [0.25, 0.3) is 5.70 Å². The number of aliphatic imine (C=N–C) groups is 1. The lowest BCUT2D eigenvalue weighted by atomic mass is 10.0. The summed E-state index contributed by atoms with van der Waals surface area (Å²) in [6.45, 7) is 5.41. The first kappa shape index (κ1) is 16.0. The monoisotopic (exact) mass is 337 g/mol. The molecule has 0 bridgehead atoms. The number of hydrogen-bond acceptors (Lipinski definition) is 5. The van der Waals surface area contributed by atoms with Gasteiger partial charge in [-0.1, -0.05) is 31.2 Å². The normalized spacial score (nSPS) is 23.4. The number of allylic oxidation sites excluding steroid dienone is 2. The predicted molar refractivity (Wildman–Crippen MR) is 98.8 cm³/mol. The molecule has 0 spiro atoms. The van der Waals surface area contributed by atoms with Gasteiger partial charge in [0.05, 0.1) is 18.9 Å². The molecule has 1 aromatic carbocycles. The van der Waals surface area contributed by atoms with Crippen molar-refractivity contribution in [3.63, 3.8) is 0 Å². The lowest BCUT2D eigenvalue weighted by Crippen LogP contribution is -2.44. The Hall–Kier alpha value is -2.53. The maximum Gasteiger partial charge on any atom is 0.152 e. The summed E-state index contributed by atoms with van der Waals surface area (Å²) in [5, 5.41) is 9.91.